The van der Waals surface area contributed by atoms with Gasteiger partial charge in [0.05, 0.1) is 6.61 Å². The van der Waals surface area contributed by atoms with Gasteiger partial charge in [-0.25, -0.2) is 4.98 Å². The van der Waals surface area contributed by atoms with Crippen molar-refractivity contribution in [2.24, 2.45) is 0 Å². The Kier molecular flexibility index (Phi) is 4.77. The average Bonchev–Trinajstić information content (AvgIpc) is 2.57. The molecular weight excluding hydrogens is 236 g/mol. The number of nitrogens with zero attached hydrogens (tertiary/aromatic N) is 2. The Morgan fingerprint density at radius 3 is 2.94 bits per heavy atom. The highest BCUT2D eigenvalue weighted by molar-refractivity contribution is 6.29. The summed E-state index contributed by atoms with van der Waals surface area (Å²) in [4.78, 5) is 6.45. The van der Waals surface area contributed by atoms with Crippen LogP contribution in [0.1, 0.15) is 31.2 Å². The number of aliphatic hydroxyl groups excluding tert-OH is 1. The SMILES string of the molecule is OCC1CCCCCN1Cc1ccc(Cl)nc1. The molecule has 0 amide bonds. The maximum Gasteiger partial charge on any atom is 0.129 e. The quantitative estimate of drug-likeness (QED) is 0.842. The minimum atomic E-state index is 0.251. The molecule has 0 aliphatic carbocycles. The topological polar surface area (TPSA) is 36.4 Å². The van der Waals surface area contributed by atoms with Crippen LogP contribution < -0.4 is 0 Å². The summed E-state index contributed by atoms with van der Waals surface area (Å²) >= 11 is 5.77. The van der Waals surface area contributed by atoms with E-state index >= 15 is 0 Å². The lowest BCUT2D eigenvalue weighted by molar-refractivity contribution is 0.118. The lowest BCUT2D eigenvalue weighted by Crippen LogP contribution is -2.36. The van der Waals surface area contributed by atoms with Gasteiger partial charge in [0.15, 0.2) is 0 Å². The summed E-state index contributed by atoms with van der Waals surface area (Å²) in [6.45, 7) is 2.17. The second kappa shape index (κ2) is 6.34. The molecule has 94 valence electrons. The Hall–Kier alpha value is -0.640. The highest BCUT2D eigenvalue weighted by Crippen LogP contribution is 2.19. The molecule has 2 rings (SSSR count). The molecule has 17 heavy (non-hydrogen) atoms. The maximum absolute atomic E-state index is 9.43. The van der Waals surface area contributed by atoms with Crippen LogP contribution in [0.5, 0.6) is 0 Å². The number of aromatic nitrogens is 1. The average molecular weight is 255 g/mol. The molecule has 1 fully saturated rings. The molecule has 1 aromatic rings. The minimum Gasteiger partial charge on any atom is -0.395 e. The van der Waals surface area contributed by atoms with Gasteiger partial charge in [-0.2, -0.15) is 0 Å². The predicted molar refractivity (Wildman–Crippen MR) is 69.0 cm³/mol. The first-order valence-electron chi connectivity index (χ1n) is 6.25. The number of rotatable bonds is 3. The van der Waals surface area contributed by atoms with Crippen LogP contribution in [-0.4, -0.2) is 34.2 Å². The summed E-state index contributed by atoms with van der Waals surface area (Å²) in [5.74, 6) is 0. The molecule has 1 saturated heterocycles. The molecule has 0 aromatic carbocycles. The van der Waals surface area contributed by atoms with Gasteiger partial charge in [-0.05, 0) is 31.0 Å². The van der Waals surface area contributed by atoms with Crippen LogP contribution in [0.15, 0.2) is 18.3 Å². The second-order valence-corrected chi connectivity index (χ2v) is 5.03. The summed E-state index contributed by atoms with van der Waals surface area (Å²) in [5.41, 5.74) is 1.16. The Morgan fingerprint density at radius 1 is 1.35 bits per heavy atom. The number of hydrogen-bond donors (Lipinski definition) is 1. The normalized spacial score (nSPS) is 22.4. The van der Waals surface area contributed by atoms with Crippen LogP contribution >= 0.6 is 11.6 Å². The van der Waals surface area contributed by atoms with Crippen LogP contribution in [0.3, 0.4) is 0 Å². The zero-order valence-electron chi connectivity index (χ0n) is 9.98. The lowest BCUT2D eigenvalue weighted by Gasteiger charge is -2.28. The van der Waals surface area contributed by atoms with Gasteiger partial charge in [0.25, 0.3) is 0 Å². The minimum absolute atomic E-state index is 0.251. The molecule has 0 radical (unpaired) electrons. The zero-order chi connectivity index (χ0) is 12.1. The zero-order valence-corrected chi connectivity index (χ0v) is 10.7. The van der Waals surface area contributed by atoms with E-state index in [0.29, 0.717) is 11.2 Å². The highest BCUT2D eigenvalue weighted by Gasteiger charge is 2.20. The number of hydrogen-bond acceptors (Lipinski definition) is 3. The first-order chi connectivity index (χ1) is 8.29. The molecule has 1 aromatic heterocycles. The summed E-state index contributed by atoms with van der Waals surface area (Å²) in [5, 5.41) is 9.96. The van der Waals surface area contributed by atoms with Crippen molar-refractivity contribution in [3.63, 3.8) is 0 Å². The fourth-order valence-electron chi connectivity index (χ4n) is 2.39. The van der Waals surface area contributed by atoms with Crippen LogP contribution in [0.4, 0.5) is 0 Å². The van der Waals surface area contributed by atoms with Gasteiger partial charge in [-0.1, -0.05) is 30.5 Å². The third-order valence-electron chi connectivity index (χ3n) is 3.38. The van der Waals surface area contributed by atoms with Crippen molar-refractivity contribution in [3.05, 3.63) is 29.0 Å². The van der Waals surface area contributed by atoms with Gasteiger partial charge < -0.3 is 5.11 Å². The first-order valence-corrected chi connectivity index (χ1v) is 6.63. The largest absolute Gasteiger partial charge is 0.395 e. The second-order valence-electron chi connectivity index (χ2n) is 4.65. The molecule has 4 heteroatoms. The van der Waals surface area contributed by atoms with E-state index in [1.165, 1.54) is 19.3 Å². The third kappa shape index (κ3) is 3.66. The summed E-state index contributed by atoms with van der Waals surface area (Å²) in [6.07, 6.45) is 6.63. The van der Waals surface area contributed by atoms with Crippen molar-refractivity contribution in [2.45, 2.75) is 38.3 Å². The molecule has 3 nitrogen and oxygen atoms in total. The van der Waals surface area contributed by atoms with E-state index < -0.39 is 0 Å². The molecule has 1 atom stereocenters. The van der Waals surface area contributed by atoms with Crippen LogP contribution in [0, 0.1) is 0 Å². The van der Waals surface area contributed by atoms with E-state index in [0.717, 1.165) is 25.1 Å². The lowest BCUT2D eigenvalue weighted by atomic mass is 10.1. The Labute approximate surface area is 107 Å². The molecule has 0 bridgehead atoms. The number of aliphatic hydroxyl groups is 1. The van der Waals surface area contributed by atoms with E-state index in [2.05, 4.69) is 9.88 Å². The molecule has 2 heterocycles. The summed E-state index contributed by atoms with van der Waals surface area (Å²) in [7, 11) is 0. The molecule has 1 N–H and O–H groups in total. The van der Waals surface area contributed by atoms with Gasteiger partial charge in [0.2, 0.25) is 0 Å². The van der Waals surface area contributed by atoms with E-state index in [1.54, 1.807) is 0 Å². The van der Waals surface area contributed by atoms with Crippen molar-refractivity contribution < 1.29 is 5.11 Å². The van der Waals surface area contributed by atoms with Crippen LogP contribution in [0.25, 0.3) is 0 Å². The maximum atomic E-state index is 9.43. The number of halogens is 1. The molecular formula is C13H19ClN2O. The van der Waals surface area contributed by atoms with E-state index in [-0.39, 0.29) is 6.61 Å². The van der Waals surface area contributed by atoms with E-state index in [9.17, 15) is 5.11 Å². The fourth-order valence-corrected chi connectivity index (χ4v) is 2.50. The van der Waals surface area contributed by atoms with Crippen molar-refractivity contribution in [1.82, 2.24) is 9.88 Å². The van der Waals surface area contributed by atoms with Crippen molar-refractivity contribution >= 4 is 11.6 Å². The van der Waals surface area contributed by atoms with Crippen LogP contribution in [-0.2, 0) is 6.54 Å². The molecule has 1 unspecified atom stereocenters. The predicted octanol–water partition coefficient (Wildman–Crippen LogP) is 2.47. The van der Waals surface area contributed by atoms with Gasteiger partial charge >= 0.3 is 0 Å². The van der Waals surface area contributed by atoms with Gasteiger partial charge in [-0.15, -0.1) is 0 Å². The molecule has 1 aliphatic heterocycles. The van der Waals surface area contributed by atoms with E-state index in [1.807, 2.05) is 18.3 Å². The molecule has 1 aliphatic rings. The highest BCUT2D eigenvalue weighted by atomic mass is 35.5. The van der Waals surface area contributed by atoms with Gasteiger partial charge in [-0.3, -0.25) is 4.90 Å². The first kappa shape index (κ1) is 12.8. The Balaban J connectivity index is 2.01. The Morgan fingerprint density at radius 2 is 2.24 bits per heavy atom. The van der Waals surface area contributed by atoms with Gasteiger partial charge in [0.1, 0.15) is 5.15 Å². The monoisotopic (exact) mass is 254 g/mol. The van der Waals surface area contributed by atoms with Crippen molar-refractivity contribution in [2.75, 3.05) is 13.2 Å². The van der Waals surface area contributed by atoms with Crippen molar-refractivity contribution in [3.8, 4) is 0 Å². The number of likely N-dealkylation sites (tertiary alicyclic amines) is 1. The van der Waals surface area contributed by atoms with Crippen molar-refractivity contribution in [1.29, 1.82) is 0 Å². The third-order valence-corrected chi connectivity index (χ3v) is 3.61. The Bertz CT molecular complexity index is 342. The van der Waals surface area contributed by atoms with Gasteiger partial charge in [0, 0.05) is 18.8 Å². The molecule has 0 saturated carbocycles. The van der Waals surface area contributed by atoms with E-state index in [4.69, 9.17) is 11.6 Å². The number of pyridine rings is 1. The standard InChI is InChI=1S/C13H19ClN2O/c14-13-6-5-11(8-15-13)9-16-7-3-1-2-4-12(16)10-17/h5-6,8,12,17H,1-4,7,9-10H2. The summed E-state index contributed by atoms with van der Waals surface area (Å²) in [6, 6.07) is 4.13. The fraction of sp³-hybridized carbons (Fsp3) is 0.615. The van der Waals surface area contributed by atoms with Crippen LogP contribution in [0.2, 0.25) is 5.15 Å². The smallest absolute Gasteiger partial charge is 0.129 e. The summed E-state index contributed by atoms with van der Waals surface area (Å²) < 4.78 is 0. The molecule has 0 spiro atoms.